The van der Waals surface area contributed by atoms with Gasteiger partial charge in [0, 0.05) is 37.6 Å². The first-order chi connectivity index (χ1) is 22.8. The number of hydrogen-bond acceptors (Lipinski definition) is 7. The van der Waals surface area contributed by atoms with Crippen LogP contribution in [0.3, 0.4) is 0 Å². The fourth-order valence-corrected chi connectivity index (χ4v) is 5.79. The quantitative estimate of drug-likeness (QED) is 0.274. The molecule has 3 heterocycles. The SMILES string of the molecule is Cc1nn(C2CC2)c(Cl)c1C(=O)N[C@H](C(=O)N1C[C@H](O)C[C@H]1C(=O)NCc1ccc(-n2ccnc2C)cc1)C(C)(C)C.O=C(O)C(F)(F)F. The molecule has 17 heteroatoms. The number of halogens is 4. The molecule has 13 nitrogen and oxygen atoms in total. The topological polar surface area (TPSA) is 172 Å². The summed E-state index contributed by atoms with van der Waals surface area (Å²) in [6.45, 7) is 9.43. The maximum absolute atomic E-state index is 13.9. The van der Waals surface area contributed by atoms with Gasteiger partial charge < -0.3 is 30.3 Å². The van der Waals surface area contributed by atoms with E-state index in [1.165, 1.54) is 4.90 Å². The number of nitrogens with one attached hydrogen (secondary N) is 2. The lowest BCUT2D eigenvalue weighted by Gasteiger charge is -2.35. The van der Waals surface area contributed by atoms with Crippen molar-refractivity contribution in [3.05, 3.63) is 64.5 Å². The number of imidazole rings is 1. The zero-order chi connectivity index (χ0) is 36.4. The van der Waals surface area contributed by atoms with E-state index in [1.807, 2.05) is 62.7 Å². The van der Waals surface area contributed by atoms with Gasteiger partial charge in [-0.3, -0.25) is 14.4 Å². The molecule has 266 valence electrons. The molecule has 3 atom stereocenters. The highest BCUT2D eigenvalue weighted by Crippen LogP contribution is 2.38. The van der Waals surface area contributed by atoms with Crippen LogP contribution in [0.15, 0.2) is 36.7 Å². The number of carbonyl (C=O) groups is 4. The van der Waals surface area contributed by atoms with Gasteiger partial charge in [0.25, 0.3) is 5.91 Å². The van der Waals surface area contributed by atoms with E-state index in [1.54, 1.807) is 17.8 Å². The summed E-state index contributed by atoms with van der Waals surface area (Å²) in [7, 11) is 0. The number of aliphatic hydroxyl groups excluding tert-OH is 1. The number of benzene rings is 1. The minimum Gasteiger partial charge on any atom is -0.475 e. The first kappa shape index (κ1) is 37.4. The molecule has 49 heavy (non-hydrogen) atoms. The molecule has 1 aliphatic heterocycles. The molecule has 4 N–H and O–H groups in total. The van der Waals surface area contributed by atoms with Crippen molar-refractivity contribution in [2.45, 2.75) is 90.8 Å². The zero-order valence-corrected chi connectivity index (χ0v) is 28.3. The normalized spacial score (nSPS) is 18.4. The summed E-state index contributed by atoms with van der Waals surface area (Å²) in [5.74, 6) is -3.17. The average Bonchev–Trinajstić information content (AvgIpc) is 3.53. The molecular weight excluding hydrogens is 671 g/mol. The Balaban J connectivity index is 0.000000698. The Morgan fingerprint density at radius 1 is 1.08 bits per heavy atom. The highest BCUT2D eigenvalue weighted by molar-refractivity contribution is 6.33. The minimum atomic E-state index is -5.08. The van der Waals surface area contributed by atoms with Crippen LogP contribution in [0.5, 0.6) is 0 Å². The largest absolute Gasteiger partial charge is 0.490 e. The van der Waals surface area contributed by atoms with Gasteiger partial charge in [0.05, 0.1) is 23.4 Å². The lowest BCUT2D eigenvalue weighted by Crippen LogP contribution is -2.57. The summed E-state index contributed by atoms with van der Waals surface area (Å²) in [6.07, 6.45) is -0.286. The van der Waals surface area contributed by atoms with Crippen molar-refractivity contribution in [1.29, 1.82) is 0 Å². The number of hydrogen-bond donors (Lipinski definition) is 4. The van der Waals surface area contributed by atoms with E-state index in [4.69, 9.17) is 21.5 Å². The summed E-state index contributed by atoms with van der Waals surface area (Å²) in [5, 5.41) is 28.1. The predicted octanol–water partition coefficient (Wildman–Crippen LogP) is 3.73. The van der Waals surface area contributed by atoms with Gasteiger partial charge in [-0.25, -0.2) is 14.5 Å². The molecule has 1 aromatic carbocycles. The fraction of sp³-hybridized carbons (Fsp3) is 0.500. The maximum Gasteiger partial charge on any atom is 0.490 e. The number of rotatable bonds is 8. The van der Waals surface area contributed by atoms with Gasteiger partial charge in [-0.15, -0.1) is 0 Å². The molecule has 3 amide bonds. The molecule has 0 radical (unpaired) electrons. The summed E-state index contributed by atoms with van der Waals surface area (Å²) < 4.78 is 35.4. The number of aromatic nitrogens is 4. The number of likely N-dealkylation sites (tertiary alicyclic amines) is 1. The Hall–Kier alpha value is -4.44. The molecular formula is C32H39ClF3N7O6. The van der Waals surface area contributed by atoms with Gasteiger partial charge in [-0.2, -0.15) is 18.3 Å². The summed E-state index contributed by atoms with van der Waals surface area (Å²) in [5.41, 5.74) is 1.90. The number of β-amino-alcohol motifs (C(OH)–C–C–N with tert-alkyl or cyclic N) is 1. The molecule has 2 fully saturated rings. The van der Waals surface area contributed by atoms with E-state index >= 15 is 0 Å². The molecule has 1 aliphatic carbocycles. The van der Waals surface area contributed by atoms with Gasteiger partial charge in [0.2, 0.25) is 11.8 Å². The van der Waals surface area contributed by atoms with Crippen LogP contribution in [0.25, 0.3) is 5.69 Å². The third-order valence-corrected chi connectivity index (χ3v) is 8.51. The third kappa shape index (κ3) is 8.97. The first-order valence-electron chi connectivity index (χ1n) is 15.5. The Labute approximate surface area is 285 Å². The number of carbonyl (C=O) groups excluding carboxylic acids is 3. The first-order valence-corrected chi connectivity index (χ1v) is 15.9. The highest BCUT2D eigenvalue weighted by Gasteiger charge is 2.45. The molecule has 0 unspecified atom stereocenters. The van der Waals surface area contributed by atoms with Crippen molar-refractivity contribution in [3.63, 3.8) is 0 Å². The summed E-state index contributed by atoms with van der Waals surface area (Å²) in [6, 6.07) is 6.10. The number of nitrogens with zero attached hydrogens (tertiary/aromatic N) is 5. The second-order valence-corrected chi connectivity index (χ2v) is 13.5. The van der Waals surface area contributed by atoms with Crippen LogP contribution in [0.1, 0.15) is 73.5 Å². The van der Waals surface area contributed by atoms with E-state index in [0.29, 0.717) is 5.69 Å². The van der Waals surface area contributed by atoms with Crippen LogP contribution >= 0.6 is 11.6 Å². The van der Waals surface area contributed by atoms with Crippen LogP contribution in [0.4, 0.5) is 13.2 Å². The second-order valence-electron chi connectivity index (χ2n) is 13.1. The van der Waals surface area contributed by atoms with Crippen molar-refractivity contribution in [2.75, 3.05) is 6.54 Å². The number of carboxylic acid groups (broad SMARTS) is 1. The number of amides is 3. The number of carboxylic acids is 1. The lowest BCUT2D eigenvalue weighted by atomic mass is 9.85. The number of aryl methyl sites for hydroxylation is 2. The van der Waals surface area contributed by atoms with Crippen LogP contribution in [-0.2, 0) is 20.9 Å². The van der Waals surface area contributed by atoms with Gasteiger partial charge in [0.1, 0.15) is 23.1 Å². The Bertz CT molecular complexity index is 1700. The Morgan fingerprint density at radius 3 is 2.20 bits per heavy atom. The van der Waals surface area contributed by atoms with Crippen LogP contribution in [0.2, 0.25) is 5.15 Å². The van der Waals surface area contributed by atoms with Gasteiger partial charge >= 0.3 is 12.1 Å². The van der Waals surface area contributed by atoms with Crippen LogP contribution in [-0.4, -0.2) is 89.0 Å². The van der Waals surface area contributed by atoms with Crippen molar-refractivity contribution in [1.82, 2.24) is 34.9 Å². The summed E-state index contributed by atoms with van der Waals surface area (Å²) >= 11 is 6.53. The molecule has 5 rings (SSSR count). The summed E-state index contributed by atoms with van der Waals surface area (Å²) in [4.78, 5) is 55.2. The molecule has 2 aliphatic rings. The smallest absolute Gasteiger partial charge is 0.475 e. The zero-order valence-electron chi connectivity index (χ0n) is 27.6. The van der Waals surface area contributed by atoms with Crippen molar-refractivity contribution in [2.24, 2.45) is 5.41 Å². The average molecular weight is 710 g/mol. The standard InChI is InChI=1S/C30H38ClN7O4.C2HF3O2/c1-17-24(26(31)38(35-17)21-10-11-21)28(41)34-25(30(3,4)5)29(42)37-16-22(39)14-23(37)27(40)33-15-19-6-8-20(9-7-19)36-13-12-32-18(36)2;3-2(4,5)1(6)7/h6-9,12-13,21-23,25,39H,10-11,14-16H2,1-5H3,(H,33,40)(H,34,41);(H,6,7)/t22-,23+,25-;/m1./s1. The minimum absolute atomic E-state index is 0.00226. The van der Waals surface area contributed by atoms with Gasteiger partial charge in [-0.1, -0.05) is 44.5 Å². The maximum atomic E-state index is 13.9. The number of aliphatic hydroxyl groups is 1. The molecule has 1 saturated heterocycles. The van der Waals surface area contributed by atoms with Crippen molar-refractivity contribution >= 4 is 35.3 Å². The van der Waals surface area contributed by atoms with E-state index in [0.717, 1.165) is 29.9 Å². The van der Waals surface area contributed by atoms with E-state index in [2.05, 4.69) is 20.7 Å². The van der Waals surface area contributed by atoms with Gasteiger partial charge in [-0.05, 0) is 49.8 Å². The van der Waals surface area contributed by atoms with Crippen LogP contribution in [0, 0.1) is 19.3 Å². The second kappa shape index (κ2) is 14.6. The van der Waals surface area contributed by atoms with Crippen LogP contribution < -0.4 is 10.6 Å². The number of aliphatic carboxylic acids is 1. The van der Waals surface area contributed by atoms with Crippen molar-refractivity contribution in [3.8, 4) is 5.69 Å². The van der Waals surface area contributed by atoms with E-state index in [-0.39, 0.29) is 42.2 Å². The monoisotopic (exact) mass is 709 g/mol. The highest BCUT2D eigenvalue weighted by atomic mass is 35.5. The Morgan fingerprint density at radius 2 is 1.69 bits per heavy atom. The third-order valence-electron chi connectivity index (χ3n) is 8.15. The molecule has 2 aromatic heterocycles. The van der Waals surface area contributed by atoms with E-state index in [9.17, 15) is 32.7 Å². The molecule has 0 bridgehead atoms. The predicted molar refractivity (Wildman–Crippen MR) is 171 cm³/mol. The van der Waals surface area contributed by atoms with Crippen molar-refractivity contribution < 1.29 is 42.6 Å². The lowest BCUT2D eigenvalue weighted by molar-refractivity contribution is -0.192. The fourth-order valence-electron chi connectivity index (χ4n) is 5.39. The van der Waals surface area contributed by atoms with E-state index < -0.39 is 47.6 Å². The molecule has 1 saturated carbocycles. The molecule has 3 aromatic rings. The van der Waals surface area contributed by atoms with Gasteiger partial charge in [0.15, 0.2) is 0 Å². The number of alkyl halides is 3. The molecule has 0 spiro atoms. The Kier molecular flexibility index (Phi) is 11.1.